The summed E-state index contributed by atoms with van der Waals surface area (Å²) in [5, 5.41) is 6.56. The molecule has 0 aromatic heterocycles. The predicted octanol–water partition coefficient (Wildman–Crippen LogP) is 2.41. The van der Waals surface area contributed by atoms with Gasteiger partial charge in [0, 0.05) is 20.1 Å². The number of hydrogen-bond acceptors (Lipinski definition) is 5. The Morgan fingerprint density at radius 2 is 2.05 bits per heavy atom. The molecular formula is C16H25N3O2. The Kier molecular flexibility index (Phi) is 5.87. The van der Waals surface area contributed by atoms with Crippen LogP contribution in [0.5, 0.6) is 0 Å². The second-order valence-corrected chi connectivity index (χ2v) is 5.21. The highest BCUT2D eigenvalue weighted by Crippen LogP contribution is 2.23. The van der Waals surface area contributed by atoms with Crippen LogP contribution in [0.3, 0.4) is 0 Å². The van der Waals surface area contributed by atoms with Crippen molar-refractivity contribution in [2.75, 3.05) is 50.5 Å². The molecule has 1 aromatic rings. The minimum absolute atomic E-state index is 0.280. The van der Waals surface area contributed by atoms with Crippen LogP contribution in [-0.2, 0) is 4.74 Å². The molecule has 0 unspecified atom stereocenters. The largest absolute Gasteiger partial charge is 0.462 e. The smallest absolute Gasteiger partial charge is 0.338 e. The molecule has 2 rings (SSSR count). The molecular weight excluding hydrogens is 266 g/mol. The number of nitrogens with one attached hydrogen (secondary N) is 2. The number of carbonyl (C=O) groups excluding carboxylic acids is 1. The van der Waals surface area contributed by atoms with Gasteiger partial charge in [0.1, 0.15) is 0 Å². The Morgan fingerprint density at radius 1 is 1.29 bits per heavy atom. The lowest BCUT2D eigenvalue weighted by Gasteiger charge is -2.17. The van der Waals surface area contributed by atoms with Crippen molar-refractivity contribution in [3.05, 3.63) is 23.8 Å². The third-order valence-corrected chi connectivity index (χ3v) is 3.74. The van der Waals surface area contributed by atoms with Gasteiger partial charge in [-0.1, -0.05) is 0 Å². The fourth-order valence-electron chi connectivity index (χ4n) is 2.60. The van der Waals surface area contributed by atoms with E-state index in [4.69, 9.17) is 4.74 Å². The van der Waals surface area contributed by atoms with Crippen LogP contribution in [0.15, 0.2) is 18.2 Å². The molecule has 5 heteroatoms. The zero-order valence-electron chi connectivity index (χ0n) is 12.9. The zero-order valence-corrected chi connectivity index (χ0v) is 12.9. The lowest BCUT2D eigenvalue weighted by molar-refractivity contribution is 0.0526. The van der Waals surface area contributed by atoms with Gasteiger partial charge in [0.05, 0.1) is 23.5 Å². The average Bonchev–Trinajstić information content (AvgIpc) is 3.01. The van der Waals surface area contributed by atoms with Gasteiger partial charge in [0.2, 0.25) is 0 Å². The maximum atomic E-state index is 11.7. The predicted molar refractivity (Wildman–Crippen MR) is 86.1 cm³/mol. The van der Waals surface area contributed by atoms with E-state index in [1.165, 1.54) is 25.9 Å². The summed E-state index contributed by atoms with van der Waals surface area (Å²) >= 11 is 0. The third kappa shape index (κ3) is 4.36. The fraction of sp³-hybridized carbons (Fsp3) is 0.562. The van der Waals surface area contributed by atoms with E-state index in [-0.39, 0.29) is 5.97 Å². The summed E-state index contributed by atoms with van der Waals surface area (Å²) in [5.74, 6) is -0.280. The molecule has 1 aliphatic rings. The van der Waals surface area contributed by atoms with E-state index in [0.717, 1.165) is 24.5 Å². The summed E-state index contributed by atoms with van der Waals surface area (Å²) < 4.78 is 5.02. The number of esters is 1. The standard InChI is InChI=1S/C16H25N3O2/c1-3-21-16(20)13-6-7-14(15(12-13)17-2)18-8-11-19-9-4-5-10-19/h6-7,12,17-18H,3-5,8-11H2,1-2H3. The van der Waals surface area contributed by atoms with Gasteiger partial charge in [-0.05, 0) is 51.1 Å². The highest BCUT2D eigenvalue weighted by Gasteiger charge is 2.12. The van der Waals surface area contributed by atoms with Crippen molar-refractivity contribution in [3.8, 4) is 0 Å². The summed E-state index contributed by atoms with van der Waals surface area (Å²) in [7, 11) is 1.86. The summed E-state index contributed by atoms with van der Waals surface area (Å²) in [5.41, 5.74) is 2.51. The van der Waals surface area contributed by atoms with Gasteiger partial charge < -0.3 is 20.3 Å². The Labute approximate surface area is 126 Å². The lowest BCUT2D eigenvalue weighted by Crippen LogP contribution is -2.26. The van der Waals surface area contributed by atoms with Gasteiger partial charge >= 0.3 is 5.97 Å². The highest BCUT2D eigenvalue weighted by molar-refractivity contribution is 5.92. The summed E-state index contributed by atoms with van der Waals surface area (Å²) in [4.78, 5) is 14.2. The first-order chi connectivity index (χ1) is 10.2. The molecule has 2 N–H and O–H groups in total. The molecule has 1 aromatic carbocycles. The van der Waals surface area contributed by atoms with Crippen molar-refractivity contribution in [3.63, 3.8) is 0 Å². The van der Waals surface area contributed by atoms with Crippen LogP contribution in [0.1, 0.15) is 30.1 Å². The Bertz CT molecular complexity index is 471. The Balaban J connectivity index is 1.93. The van der Waals surface area contributed by atoms with Crippen LogP contribution in [0.2, 0.25) is 0 Å². The van der Waals surface area contributed by atoms with Gasteiger partial charge in [0.15, 0.2) is 0 Å². The van der Waals surface area contributed by atoms with Crippen LogP contribution in [0, 0.1) is 0 Å². The van der Waals surface area contributed by atoms with Crippen molar-refractivity contribution in [1.82, 2.24) is 4.90 Å². The average molecular weight is 291 g/mol. The number of anilines is 2. The zero-order chi connectivity index (χ0) is 15.1. The number of ether oxygens (including phenoxy) is 1. The SMILES string of the molecule is CCOC(=O)c1ccc(NCCN2CCCC2)c(NC)c1. The fourth-order valence-corrected chi connectivity index (χ4v) is 2.60. The first kappa shape index (κ1) is 15.6. The molecule has 21 heavy (non-hydrogen) atoms. The van der Waals surface area contributed by atoms with E-state index in [1.807, 2.05) is 26.1 Å². The highest BCUT2D eigenvalue weighted by atomic mass is 16.5. The molecule has 0 bridgehead atoms. The van der Waals surface area contributed by atoms with E-state index in [2.05, 4.69) is 15.5 Å². The van der Waals surface area contributed by atoms with E-state index in [9.17, 15) is 4.79 Å². The van der Waals surface area contributed by atoms with Crippen molar-refractivity contribution in [1.29, 1.82) is 0 Å². The summed E-state index contributed by atoms with van der Waals surface area (Å²) in [6.45, 7) is 6.59. The number of nitrogens with zero attached hydrogens (tertiary/aromatic N) is 1. The maximum absolute atomic E-state index is 11.7. The molecule has 0 aliphatic carbocycles. The van der Waals surface area contributed by atoms with Crippen LogP contribution in [0.4, 0.5) is 11.4 Å². The van der Waals surface area contributed by atoms with Gasteiger partial charge in [-0.15, -0.1) is 0 Å². The van der Waals surface area contributed by atoms with Crippen molar-refractivity contribution < 1.29 is 9.53 Å². The van der Waals surface area contributed by atoms with Gasteiger partial charge in [-0.25, -0.2) is 4.79 Å². The Morgan fingerprint density at radius 3 is 2.71 bits per heavy atom. The number of benzene rings is 1. The quantitative estimate of drug-likeness (QED) is 0.756. The van der Waals surface area contributed by atoms with E-state index >= 15 is 0 Å². The second-order valence-electron chi connectivity index (χ2n) is 5.21. The molecule has 5 nitrogen and oxygen atoms in total. The third-order valence-electron chi connectivity index (χ3n) is 3.74. The molecule has 1 fully saturated rings. The molecule has 0 amide bonds. The lowest BCUT2D eigenvalue weighted by atomic mass is 10.1. The number of rotatable bonds is 7. The topological polar surface area (TPSA) is 53.6 Å². The summed E-state index contributed by atoms with van der Waals surface area (Å²) in [6, 6.07) is 5.56. The van der Waals surface area contributed by atoms with E-state index in [1.54, 1.807) is 6.07 Å². The first-order valence-corrected chi connectivity index (χ1v) is 7.69. The van der Waals surface area contributed by atoms with Crippen LogP contribution in [0.25, 0.3) is 0 Å². The summed E-state index contributed by atoms with van der Waals surface area (Å²) in [6.07, 6.45) is 2.63. The van der Waals surface area contributed by atoms with Gasteiger partial charge in [0.25, 0.3) is 0 Å². The molecule has 0 radical (unpaired) electrons. The normalized spacial score (nSPS) is 15.0. The first-order valence-electron chi connectivity index (χ1n) is 7.69. The Hall–Kier alpha value is -1.75. The van der Waals surface area contributed by atoms with Crippen LogP contribution < -0.4 is 10.6 Å². The number of likely N-dealkylation sites (tertiary alicyclic amines) is 1. The molecule has 0 atom stereocenters. The molecule has 1 heterocycles. The van der Waals surface area contributed by atoms with Gasteiger partial charge in [-0.3, -0.25) is 0 Å². The minimum atomic E-state index is -0.280. The number of carbonyl (C=O) groups is 1. The molecule has 0 spiro atoms. The molecule has 0 saturated carbocycles. The second kappa shape index (κ2) is 7.88. The number of hydrogen-bond donors (Lipinski definition) is 2. The van der Waals surface area contributed by atoms with Gasteiger partial charge in [-0.2, -0.15) is 0 Å². The van der Waals surface area contributed by atoms with Crippen molar-refractivity contribution >= 4 is 17.3 Å². The molecule has 1 saturated heterocycles. The van der Waals surface area contributed by atoms with Crippen molar-refractivity contribution in [2.45, 2.75) is 19.8 Å². The van der Waals surface area contributed by atoms with Crippen molar-refractivity contribution in [2.24, 2.45) is 0 Å². The molecule has 116 valence electrons. The molecule has 1 aliphatic heterocycles. The monoisotopic (exact) mass is 291 g/mol. The van der Waals surface area contributed by atoms with E-state index in [0.29, 0.717) is 12.2 Å². The minimum Gasteiger partial charge on any atom is -0.462 e. The van der Waals surface area contributed by atoms with Crippen LogP contribution >= 0.6 is 0 Å². The van der Waals surface area contributed by atoms with E-state index < -0.39 is 0 Å². The maximum Gasteiger partial charge on any atom is 0.338 e. The van der Waals surface area contributed by atoms with Crippen LogP contribution in [-0.4, -0.2) is 50.7 Å².